The first kappa shape index (κ1) is 9.59. The van der Waals surface area contributed by atoms with Gasteiger partial charge < -0.3 is 9.26 Å². The molecule has 0 aliphatic rings. The fraction of sp³-hybridized carbons (Fsp3) is 0.250. The summed E-state index contributed by atoms with van der Waals surface area (Å²) in [7, 11) is -0.358. The molecule has 1 aromatic heterocycles. The first-order valence-electron chi connectivity index (χ1n) is 3.36. The molecule has 0 N–H and O–H groups in total. The summed E-state index contributed by atoms with van der Waals surface area (Å²) in [4.78, 5) is 3.93. The van der Waals surface area contributed by atoms with Gasteiger partial charge in [-0.3, -0.25) is 0 Å². The Kier molecular flexibility index (Phi) is 3.32. The van der Waals surface area contributed by atoms with Crippen LogP contribution in [0.15, 0.2) is 16.3 Å². The minimum Gasteiger partial charge on any atom is -0.448 e. The van der Waals surface area contributed by atoms with E-state index in [1.807, 2.05) is 6.26 Å². The summed E-state index contributed by atoms with van der Waals surface area (Å²) in [6, 6.07) is 0.155. The van der Waals surface area contributed by atoms with Gasteiger partial charge in [0, 0.05) is 0 Å². The Labute approximate surface area is 78.5 Å². The van der Waals surface area contributed by atoms with Crippen LogP contribution in [0.4, 0.5) is 0 Å². The standard InChI is InChI=1S/C8H8N2O2S/c1-4-6-11-7-9-8(12-10-7)13(3)5-2/h1H,2,6H2,3H3. The number of hydrogen-bond acceptors (Lipinski definition) is 4. The smallest absolute Gasteiger partial charge is 0.356 e. The summed E-state index contributed by atoms with van der Waals surface area (Å²) in [6.45, 7) is 3.63. The van der Waals surface area contributed by atoms with E-state index >= 15 is 0 Å². The van der Waals surface area contributed by atoms with Crippen molar-refractivity contribution < 1.29 is 9.26 Å². The van der Waals surface area contributed by atoms with Crippen LogP contribution in [0, 0.1) is 12.3 Å². The number of terminal acetylenes is 1. The molecule has 0 saturated heterocycles. The van der Waals surface area contributed by atoms with Gasteiger partial charge in [-0.15, -0.1) is 11.4 Å². The lowest BCUT2D eigenvalue weighted by Gasteiger charge is -1.90. The van der Waals surface area contributed by atoms with Crippen LogP contribution in [0.3, 0.4) is 0 Å². The van der Waals surface area contributed by atoms with Gasteiger partial charge in [-0.2, -0.15) is 0 Å². The van der Waals surface area contributed by atoms with Gasteiger partial charge in [-0.25, -0.2) is 0 Å². The quantitative estimate of drug-likeness (QED) is 0.533. The molecule has 1 rings (SSSR count). The molecule has 4 nitrogen and oxygen atoms in total. The maximum atomic E-state index is 4.99. The molecular weight excluding hydrogens is 188 g/mol. The summed E-state index contributed by atoms with van der Waals surface area (Å²) in [5, 5.41) is 6.74. The molecule has 5 heteroatoms. The molecule has 1 atom stereocenters. The second-order valence-corrected chi connectivity index (χ2v) is 3.65. The molecule has 1 aromatic rings. The first-order valence-corrected chi connectivity index (χ1v) is 5.00. The lowest BCUT2D eigenvalue weighted by molar-refractivity contribution is 0.293. The van der Waals surface area contributed by atoms with Gasteiger partial charge in [-0.1, -0.05) is 21.4 Å². The Bertz CT molecular complexity index is 385. The van der Waals surface area contributed by atoms with Gasteiger partial charge in [0.2, 0.25) is 0 Å². The van der Waals surface area contributed by atoms with E-state index < -0.39 is 0 Å². The number of hydrogen-bond donors (Lipinski definition) is 0. The molecule has 1 unspecified atom stereocenters. The van der Waals surface area contributed by atoms with E-state index in [1.54, 1.807) is 0 Å². The summed E-state index contributed by atoms with van der Waals surface area (Å²) in [5.41, 5.74) is 0. The van der Waals surface area contributed by atoms with Crippen molar-refractivity contribution in [1.29, 1.82) is 0 Å². The largest absolute Gasteiger partial charge is 0.448 e. The Morgan fingerprint density at radius 1 is 1.77 bits per heavy atom. The third-order valence-corrected chi connectivity index (χ3v) is 2.27. The molecule has 0 radical (unpaired) electrons. The molecule has 0 fully saturated rings. The summed E-state index contributed by atoms with van der Waals surface area (Å²) < 4.78 is 9.80. The Hall–Kier alpha value is -1.50. The summed E-state index contributed by atoms with van der Waals surface area (Å²) in [6.07, 6.45) is 6.85. The highest BCUT2D eigenvalue weighted by atomic mass is 32.2. The van der Waals surface area contributed by atoms with Crippen LogP contribution >= 0.6 is 10.5 Å². The van der Waals surface area contributed by atoms with Gasteiger partial charge >= 0.3 is 6.01 Å². The summed E-state index contributed by atoms with van der Waals surface area (Å²) in [5.74, 6) is 2.30. The molecule has 68 valence electrons. The van der Waals surface area contributed by atoms with Gasteiger partial charge in [0.15, 0.2) is 6.61 Å². The fourth-order valence-electron chi connectivity index (χ4n) is 0.548. The van der Waals surface area contributed by atoms with E-state index in [0.29, 0.717) is 5.22 Å². The van der Waals surface area contributed by atoms with E-state index in [-0.39, 0.29) is 23.1 Å². The topological polar surface area (TPSA) is 48.2 Å². The molecule has 0 aromatic carbocycles. The van der Waals surface area contributed by atoms with E-state index in [9.17, 15) is 0 Å². The third-order valence-electron chi connectivity index (χ3n) is 1.15. The molecule has 0 spiro atoms. The van der Waals surface area contributed by atoms with Gasteiger partial charge in [0.1, 0.15) is 0 Å². The maximum absolute atomic E-state index is 4.99. The summed E-state index contributed by atoms with van der Waals surface area (Å²) >= 11 is 0. The molecule has 0 aliphatic carbocycles. The van der Waals surface area contributed by atoms with Crippen LogP contribution in [-0.2, 0) is 0 Å². The zero-order valence-electron chi connectivity index (χ0n) is 7.11. The number of ether oxygens (including phenoxy) is 1. The molecule has 0 saturated carbocycles. The van der Waals surface area contributed by atoms with Crippen molar-refractivity contribution in [3.05, 3.63) is 6.58 Å². The van der Waals surface area contributed by atoms with Crippen LogP contribution in [0.5, 0.6) is 6.01 Å². The SMILES string of the molecule is C#CCOc1noc(S(C)=C=C)n1. The van der Waals surface area contributed by atoms with E-state index in [0.717, 1.165) is 0 Å². The van der Waals surface area contributed by atoms with E-state index in [1.165, 1.54) is 0 Å². The number of rotatable bonds is 3. The zero-order valence-corrected chi connectivity index (χ0v) is 7.93. The lowest BCUT2D eigenvalue weighted by Crippen LogP contribution is -1.94. The third kappa shape index (κ3) is 2.48. The van der Waals surface area contributed by atoms with Crippen molar-refractivity contribution in [2.45, 2.75) is 5.22 Å². The van der Waals surface area contributed by atoms with Crippen molar-refractivity contribution in [1.82, 2.24) is 10.1 Å². The monoisotopic (exact) mass is 196 g/mol. The number of nitrogens with zero attached hydrogens (tertiary/aromatic N) is 2. The van der Waals surface area contributed by atoms with Crippen LogP contribution in [0.1, 0.15) is 0 Å². The fourth-order valence-corrected chi connectivity index (χ4v) is 1.04. The van der Waals surface area contributed by atoms with E-state index in [4.69, 9.17) is 15.7 Å². The maximum Gasteiger partial charge on any atom is 0.356 e. The number of aromatic nitrogens is 2. The van der Waals surface area contributed by atoms with Crippen LogP contribution in [-0.4, -0.2) is 28.0 Å². The highest BCUT2D eigenvalue weighted by Crippen LogP contribution is 2.20. The predicted octanol–water partition coefficient (Wildman–Crippen LogP) is 0.926. The molecular formula is C8H8N2O2S. The molecule has 0 amide bonds. The van der Waals surface area contributed by atoms with Gasteiger partial charge in [0.25, 0.3) is 5.22 Å². The van der Waals surface area contributed by atoms with Crippen molar-refractivity contribution in [3.63, 3.8) is 0 Å². The van der Waals surface area contributed by atoms with Crippen molar-refractivity contribution in [3.8, 4) is 18.4 Å². The molecule has 13 heavy (non-hydrogen) atoms. The zero-order chi connectivity index (χ0) is 9.68. The normalized spacial score (nSPS) is 11.4. The second kappa shape index (κ2) is 4.51. The van der Waals surface area contributed by atoms with E-state index in [2.05, 4.69) is 27.7 Å². The Morgan fingerprint density at radius 2 is 2.54 bits per heavy atom. The molecule has 0 bridgehead atoms. The Balaban J connectivity index is 2.76. The highest BCUT2D eigenvalue weighted by molar-refractivity contribution is 8.13. The first-order chi connectivity index (χ1) is 6.27. The van der Waals surface area contributed by atoms with Crippen LogP contribution in [0.2, 0.25) is 0 Å². The van der Waals surface area contributed by atoms with Crippen LogP contribution in [0.25, 0.3) is 0 Å². The predicted molar refractivity (Wildman–Crippen MR) is 51.0 cm³/mol. The Morgan fingerprint density at radius 3 is 3.15 bits per heavy atom. The highest BCUT2D eigenvalue weighted by Gasteiger charge is 2.06. The average molecular weight is 196 g/mol. The van der Waals surface area contributed by atoms with Gasteiger partial charge in [0.05, 0.1) is 0 Å². The minimum absolute atomic E-state index is 0.133. The van der Waals surface area contributed by atoms with Gasteiger partial charge in [-0.05, 0) is 18.0 Å². The molecule has 1 heterocycles. The minimum atomic E-state index is -0.358. The lowest BCUT2D eigenvalue weighted by atomic mass is 10.8. The average Bonchev–Trinajstić information content (AvgIpc) is 2.62. The van der Waals surface area contributed by atoms with Crippen molar-refractivity contribution in [2.24, 2.45) is 0 Å². The van der Waals surface area contributed by atoms with Crippen molar-refractivity contribution in [2.75, 3.05) is 12.9 Å². The molecule has 0 aliphatic heterocycles. The van der Waals surface area contributed by atoms with Crippen LogP contribution < -0.4 is 4.74 Å². The second-order valence-electron chi connectivity index (χ2n) is 1.99. The van der Waals surface area contributed by atoms with Crippen molar-refractivity contribution >= 4 is 15.5 Å².